The summed E-state index contributed by atoms with van der Waals surface area (Å²) in [6, 6.07) is 30.7. The van der Waals surface area contributed by atoms with Gasteiger partial charge in [-0.2, -0.15) is 0 Å². The zero-order valence-electron chi connectivity index (χ0n) is 23.2. The first-order chi connectivity index (χ1) is 21.2. The third kappa shape index (κ3) is 5.16. The van der Waals surface area contributed by atoms with E-state index >= 15 is 0 Å². The number of aryl methyl sites for hydroxylation is 1. The Morgan fingerprint density at radius 1 is 0.795 bits per heavy atom. The molecule has 1 N–H and O–H groups in total. The van der Waals surface area contributed by atoms with E-state index in [1.165, 1.54) is 24.3 Å². The number of carbonyl (C=O) groups is 3. The van der Waals surface area contributed by atoms with E-state index in [1.54, 1.807) is 31.2 Å². The third-order valence-corrected chi connectivity index (χ3v) is 7.69. The number of nitrogens with one attached hydrogen (secondary N) is 1. The number of hydrogen-bond donors (Lipinski definition) is 1. The van der Waals surface area contributed by atoms with Crippen LogP contribution in [0.15, 0.2) is 115 Å². The maximum atomic E-state index is 13.8. The quantitative estimate of drug-likeness (QED) is 0.0944. The number of hydrogen-bond acceptors (Lipinski definition) is 5. The Morgan fingerprint density at radius 3 is 2.02 bits per heavy atom. The van der Waals surface area contributed by atoms with Crippen molar-refractivity contribution in [2.24, 2.45) is 0 Å². The Hall–Kier alpha value is -5.80. The maximum Gasteiger partial charge on any atom is 0.335 e. The molecule has 5 aromatic rings. The maximum absolute atomic E-state index is 13.8. The van der Waals surface area contributed by atoms with Gasteiger partial charge < -0.3 is 4.57 Å². The van der Waals surface area contributed by atoms with Crippen molar-refractivity contribution in [1.29, 1.82) is 0 Å². The number of halogens is 1. The summed E-state index contributed by atoms with van der Waals surface area (Å²) in [6.07, 6.45) is 1.46. The van der Waals surface area contributed by atoms with Crippen LogP contribution >= 0.6 is 11.6 Å². The molecule has 1 aromatic heterocycles. The molecular weight excluding hydrogens is 580 g/mol. The molecule has 10 heteroatoms. The van der Waals surface area contributed by atoms with Gasteiger partial charge in [0.1, 0.15) is 5.57 Å². The molecule has 1 aliphatic heterocycles. The topological polar surface area (TPSA) is 115 Å². The van der Waals surface area contributed by atoms with Crippen LogP contribution in [0.3, 0.4) is 0 Å². The highest BCUT2D eigenvalue weighted by atomic mass is 35.5. The van der Waals surface area contributed by atoms with E-state index in [-0.39, 0.29) is 16.9 Å². The predicted octanol–water partition coefficient (Wildman–Crippen LogP) is 7.35. The molecule has 4 aromatic carbocycles. The van der Waals surface area contributed by atoms with Crippen molar-refractivity contribution in [2.75, 3.05) is 4.90 Å². The van der Waals surface area contributed by atoms with Crippen LogP contribution in [-0.2, 0) is 9.59 Å². The number of aromatic nitrogens is 1. The minimum absolute atomic E-state index is 0.0591. The molecule has 0 aliphatic carbocycles. The Bertz CT molecular complexity index is 1980. The number of non-ortho nitro benzene ring substituents is 1. The van der Waals surface area contributed by atoms with Gasteiger partial charge in [0, 0.05) is 28.4 Å². The number of amides is 4. The van der Waals surface area contributed by atoms with E-state index in [0.29, 0.717) is 27.7 Å². The number of benzene rings is 4. The summed E-state index contributed by atoms with van der Waals surface area (Å²) < 4.78 is 1.93. The summed E-state index contributed by atoms with van der Waals surface area (Å²) in [4.78, 5) is 51.6. The first-order valence-electron chi connectivity index (χ1n) is 13.5. The van der Waals surface area contributed by atoms with Crippen LogP contribution in [0, 0.1) is 17.0 Å². The van der Waals surface area contributed by atoms with E-state index in [0.717, 1.165) is 21.6 Å². The fourth-order valence-electron chi connectivity index (χ4n) is 5.11. The molecule has 4 amide bonds. The molecule has 9 nitrogen and oxygen atoms in total. The number of imide groups is 2. The number of anilines is 1. The molecule has 0 bridgehead atoms. The largest absolute Gasteiger partial charge is 0.335 e. The molecule has 0 spiro atoms. The summed E-state index contributed by atoms with van der Waals surface area (Å²) >= 11 is 6.28. The van der Waals surface area contributed by atoms with Crippen molar-refractivity contribution >= 4 is 46.9 Å². The van der Waals surface area contributed by atoms with Crippen LogP contribution in [0.2, 0.25) is 5.02 Å². The number of nitrogens with zero attached hydrogens (tertiary/aromatic N) is 3. The number of carbonyl (C=O) groups excluding carboxylic acids is 3. The summed E-state index contributed by atoms with van der Waals surface area (Å²) in [5.74, 6) is -1.64. The zero-order valence-corrected chi connectivity index (χ0v) is 24.0. The average molecular weight is 603 g/mol. The van der Waals surface area contributed by atoms with Gasteiger partial charge in [-0.15, -0.1) is 0 Å². The number of nitro benzene ring substituents is 1. The predicted molar refractivity (Wildman–Crippen MR) is 168 cm³/mol. The van der Waals surface area contributed by atoms with E-state index in [4.69, 9.17) is 11.6 Å². The molecule has 1 fully saturated rings. The van der Waals surface area contributed by atoms with Gasteiger partial charge in [0.15, 0.2) is 0 Å². The smallest absolute Gasteiger partial charge is 0.309 e. The SMILES string of the molecule is Cc1ccc(N2C(=O)NC(=O)/C(=C\c3cc(-c4ccccc4)n(-c4ccc([N+](=O)[O-])cc4)c3-c3ccccc3)C2=O)cc1Cl. The van der Waals surface area contributed by atoms with Gasteiger partial charge >= 0.3 is 6.03 Å². The lowest BCUT2D eigenvalue weighted by atomic mass is 10.0. The number of barbiturate groups is 1. The first kappa shape index (κ1) is 28.3. The molecular formula is C34H23ClN4O5. The molecule has 2 heterocycles. The zero-order chi connectivity index (χ0) is 31.0. The molecule has 1 aliphatic rings. The van der Waals surface area contributed by atoms with E-state index in [9.17, 15) is 24.5 Å². The Kier molecular flexibility index (Phi) is 7.38. The lowest BCUT2D eigenvalue weighted by Gasteiger charge is -2.26. The molecule has 0 atom stereocenters. The van der Waals surface area contributed by atoms with Gasteiger partial charge in [0.2, 0.25) is 0 Å². The normalized spacial score (nSPS) is 14.2. The lowest BCUT2D eigenvalue weighted by Crippen LogP contribution is -2.54. The monoisotopic (exact) mass is 602 g/mol. The first-order valence-corrected chi connectivity index (χ1v) is 13.9. The molecule has 216 valence electrons. The standard InChI is InChI=1S/C34H23ClN4O5/c1-21-12-13-27(20-29(21)35)38-33(41)28(32(40)36-34(38)42)18-24-19-30(22-8-4-2-5-9-22)37(31(24)23-10-6-3-7-11-23)25-14-16-26(17-15-25)39(43)44/h2-20H,1H3,(H,36,40,42)/b28-18+. The van der Waals surface area contributed by atoms with Crippen molar-refractivity contribution in [3.8, 4) is 28.2 Å². The summed E-state index contributed by atoms with van der Waals surface area (Å²) in [6.45, 7) is 1.80. The van der Waals surface area contributed by atoms with Gasteiger partial charge in [0.25, 0.3) is 17.5 Å². The lowest BCUT2D eigenvalue weighted by molar-refractivity contribution is -0.384. The molecule has 44 heavy (non-hydrogen) atoms. The number of nitro groups is 1. The van der Waals surface area contributed by atoms with Crippen LogP contribution in [0.4, 0.5) is 16.2 Å². The molecule has 0 radical (unpaired) electrons. The summed E-state index contributed by atoms with van der Waals surface area (Å²) in [7, 11) is 0. The third-order valence-electron chi connectivity index (χ3n) is 7.28. The second-order valence-corrected chi connectivity index (χ2v) is 10.5. The Balaban J connectivity index is 1.59. The highest BCUT2D eigenvalue weighted by molar-refractivity contribution is 6.39. The fourth-order valence-corrected chi connectivity index (χ4v) is 5.29. The van der Waals surface area contributed by atoms with Crippen LogP contribution in [-0.4, -0.2) is 27.3 Å². The summed E-state index contributed by atoms with van der Waals surface area (Å²) in [5.41, 5.74) is 4.76. The summed E-state index contributed by atoms with van der Waals surface area (Å²) in [5, 5.41) is 14.0. The van der Waals surface area contributed by atoms with Gasteiger partial charge in [-0.1, -0.05) is 78.3 Å². The van der Waals surface area contributed by atoms with Gasteiger partial charge in [-0.25, -0.2) is 9.69 Å². The van der Waals surface area contributed by atoms with Crippen molar-refractivity contribution in [2.45, 2.75) is 6.92 Å². The highest BCUT2D eigenvalue weighted by Crippen LogP contribution is 2.38. The second-order valence-electron chi connectivity index (χ2n) is 10.1. The van der Waals surface area contributed by atoms with Gasteiger partial charge in [-0.05, 0) is 60.0 Å². The van der Waals surface area contributed by atoms with Crippen molar-refractivity contribution in [1.82, 2.24) is 9.88 Å². The highest BCUT2D eigenvalue weighted by Gasteiger charge is 2.37. The second kappa shape index (κ2) is 11.5. The van der Waals surface area contributed by atoms with Crippen molar-refractivity contribution in [3.63, 3.8) is 0 Å². The van der Waals surface area contributed by atoms with Crippen LogP contribution in [0.25, 0.3) is 34.3 Å². The van der Waals surface area contributed by atoms with E-state index < -0.39 is 22.8 Å². The molecule has 0 unspecified atom stereocenters. The van der Waals surface area contributed by atoms with Crippen LogP contribution in [0.5, 0.6) is 0 Å². The van der Waals surface area contributed by atoms with Crippen molar-refractivity contribution in [3.05, 3.63) is 141 Å². The van der Waals surface area contributed by atoms with E-state index in [2.05, 4.69) is 5.32 Å². The number of urea groups is 1. The van der Waals surface area contributed by atoms with Crippen molar-refractivity contribution < 1.29 is 19.3 Å². The van der Waals surface area contributed by atoms with Gasteiger partial charge in [0.05, 0.1) is 22.0 Å². The van der Waals surface area contributed by atoms with E-state index in [1.807, 2.05) is 71.3 Å². The Morgan fingerprint density at radius 2 is 1.41 bits per heavy atom. The van der Waals surface area contributed by atoms with Crippen LogP contribution < -0.4 is 10.2 Å². The minimum Gasteiger partial charge on any atom is -0.309 e. The number of rotatable bonds is 6. The molecule has 6 rings (SSSR count). The molecule has 0 saturated carbocycles. The van der Waals surface area contributed by atoms with Gasteiger partial charge in [-0.3, -0.25) is 25.0 Å². The fraction of sp³-hybridized carbons (Fsp3) is 0.0294. The minimum atomic E-state index is -0.881. The molecule has 1 saturated heterocycles. The van der Waals surface area contributed by atoms with Crippen LogP contribution in [0.1, 0.15) is 11.1 Å². The average Bonchev–Trinajstić information content (AvgIpc) is 3.41. The Labute approximate surface area is 256 Å².